The van der Waals surface area contributed by atoms with E-state index < -0.39 is 5.41 Å². The molecular formula is C22H28O3. The van der Waals surface area contributed by atoms with Gasteiger partial charge in [0.05, 0.1) is 11.0 Å². The first-order valence-corrected chi connectivity index (χ1v) is 8.98. The summed E-state index contributed by atoms with van der Waals surface area (Å²) in [7, 11) is 0. The van der Waals surface area contributed by atoms with Crippen LogP contribution < -0.4 is 0 Å². The van der Waals surface area contributed by atoms with Crippen molar-refractivity contribution in [1.82, 2.24) is 0 Å². The summed E-state index contributed by atoms with van der Waals surface area (Å²) in [6.07, 6.45) is 5.62. The summed E-state index contributed by atoms with van der Waals surface area (Å²) in [6, 6.07) is 10.2. The molecule has 0 aromatic heterocycles. The maximum atomic E-state index is 12.4. The summed E-state index contributed by atoms with van der Waals surface area (Å²) in [5, 5.41) is 0. The molecule has 134 valence electrons. The van der Waals surface area contributed by atoms with Crippen molar-refractivity contribution in [3.05, 3.63) is 58.9 Å². The lowest BCUT2D eigenvalue weighted by atomic mass is 9.90. The summed E-state index contributed by atoms with van der Waals surface area (Å²) >= 11 is 0. The lowest BCUT2D eigenvalue weighted by Gasteiger charge is -2.22. The molecule has 0 fully saturated rings. The maximum Gasteiger partial charge on any atom is 0.316 e. The second-order valence-corrected chi connectivity index (χ2v) is 7.63. The van der Waals surface area contributed by atoms with Crippen LogP contribution in [-0.4, -0.2) is 11.8 Å². The number of rotatable bonds is 5. The van der Waals surface area contributed by atoms with E-state index in [2.05, 4.69) is 18.2 Å². The SMILES string of the molecule is CC1=CCCC(=O)/C1=C(\CCCc1ccccc1)OC(=O)C(C)(C)C. The van der Waals surface area contributed by atoms with Gasteiger partial charge in [0.15, 0.2) is 5.78 Å². The number of aryl methyl sites for hydroxylation is 1. The smallest absolute Gasteiger partial charge is 0.316 e. The monoisotopic (exact) mass is 340 g/mol. The maximum absolute atomic E-state index is 12.4. The van der Waals surface area contributed by atoms with E-state index in [1.54, 1.807) is 0 Å². The zero-order valence-corrected chi connectivity index (χ0v) is 15.7. The van der Waals surface area contributed by atoms with Crippen LogP contribution in [0.4, 0.5) is 0 Å². The molecule has 0 saturated carbocycles. The minimum atomic E-state index is -0.597. The van der Waals surface area contributed by atoms with Gasteiger partial charge in [-0.1, -0.05) is 36.4 Å². The van der Waals surface area contributed by atoms with Gasteiger partial charge in [-0.25, -0.2) is 0 Å². The minimum absolute atomic E-state index is 0.0800. The largest absolute Gasteiger partial charge is 0.430 e. The van der Waals surface area contributed by atoms with Gasteiger partial charge in [-0.2, -0.15) is 0 Å². The Morgan fingerprint density at radius 1 is 1.16 bits per heavy atom. The highest BCUT2D eigenvalue weighted by Crippen LogP contribution is 2.29. The number of hydrogen-bond acceptors (Lipinski definition) is 3. The molecule has 0 heterocycles. The lowest BCUT2D eigenvalue weighted by molar-refractivity contribution is -0.148. The number of benzene rings is 1. The Balaban J connectivity index is 2.20. The van der Waals surface area contributed by atoms with Crippen LogP contribution in [0.1, 0.15) is 58.9 Å². The molecule has 3 heteroatoms. The fourth-order valence-electron chi connectivity index (χ4n) is 2.83. The van der Waals surface area contributed by atoms with Crippen molar-refractivity contribution in [2.45, 2.75) is 59.8 Å². The first-order chi connectivity index (χ1) is 11.8. The molecule has 0 radical (unpaired) electrons. The number of esters is 1. The van der Waals surface area contributed by atoms with Crippen molar-refractivity contribution in [1.29, 1.82) is 0 Å². The van der Waals surface area contributed by atoms with Crippen molar-refractivity contribution in [3.63, 3.8) is 0 Å². The molecule has 25 heavy (non-hydrogen) atoms. The van der Waals surface area contributed by atoms with Gasteiger partial charge in [0.25, 0.3) is 0 Å². The fourth-order valence-corrected chi connectivity index (χ4v) is 2.83. The Kier molecular flexibility index (Phi) is 6.35. The molecule has 1 aromatic carbocycles. The van der Waals surface area contributed by atoms with Crippen molar-refractivity contribution >= 4 is 11.8 Å². The fraction of sp³-hybridized carbons (Fsp3) is 0.455. The Bertz CT molecular complexity index is 688. The van der Waals surface area contributed by atoms with Crippen LogP contribution in [0.15, 0.2) is 53.3 Å². The van der Waals surface area contributed by atoms with Gasteiger partial charge in [0.1, 0.15) is 5.76 Å². The first-order valence-electron chi connectivity index (χ1n) is 8.98. The normalized spacial score (nSPS) is 17.1. The van der Waals surface area contributed by atoms with Crippen LogP contribution in [0.5, 0.6) is 0 Å². The molecule has 0 saturated heterocycles. The van der Waals surface area contributed by atoms with Crippen molar-refractivity contribution in [3.8, 4) is 0 Å². The van der Waals surface area contributed by atoms with Crippen molar-refractivity contribution in [2.75, 3.05) is 0 Å². The molecule has 1 aliphatic rings. The van der Waals surface area contributed by atoms with Crippen LogP contribution in [0.3, 0.4) is 0 Å². The summed E-state index contributed by atoms with van der Waals surface area (Å²) in [6.45, 7) is 7.40. The Morgan fingerprint density at radius 3 is 2.44 bits per heavy atom. The van der Waals surface area contributed by atoms with Crippen LogP contribution in [0.2, 0.25) is 0 Å². The molecule has 1 aromatic rings. The van der Waals surface area contributed by atoms with E-state index in [9.17, 15) is 9.59 Å². The number of carbonyl (C=O) groups is 2. The third-order valence-electron chi connectivity index (χ3n) is 4.31. The standard InChI is InChI=1S/C22H28O3/c1-16-10-8-14-18(23)20(16)19(25-21(24)22(2,3)4)15-9-13-17-11-6-5-7-12-17/h5-7,10-12H,8-9,13-15H2,1-4H3/b20-19+. The Labute approximate surface area is 150 Å². The second kappa shape index (κ2) is 8.28. The van der Waals surface area contributed by atoms with Gasteiger partial charge in [-0.15, -0.1) is 0 Å². The molecule has 3 nitrogen and oxygen atoms in total. The van der Waals surface area contributed by atoms with Crippen LogP contribution in [-0.2, 0) is 20.7 Å². The van der Waals surface area contributed by atoms with E-state index in [-0.39, 0.29) is 11.8 Å². The quantitative estimate of drug-likeness (QED) is 0.422. The molecule has 1 aliphatic carbocycles. The Hall–Kier alpha value is -2.16. The number of hydrogen-bond donors (Lipinski definition) is 0. The Morgan fingerprint density at radius 2 is 1.84 bits per heavy atom. The summed E-state index contributed by atoms with van der Waals surface area (Å²) in [4.78, 5) is 24.8. The third kappa shape index (κ3) is 5.42. The zero-order chi connectivity index (χ0) is 18.4. The highest BCUT2D eigenvalue weighted by Gasteiger charge is 2.28. The summed E-state index contributed by atoms with van der Waals surface area (Å²) in [5.41, 5.74) is 2.18. The number of ketones is 1. The van der Waals surface area contributed by atoms with E-state index in [4.69, 9.17) is 4.74 Å². The number of Topliss-reactive ketones (excluding diaryl/α,β-unsaturated/α-hetero) is 1. The van der Waals surface area contributed by atoms with Crippen LogP contribution in [0, 0.1) is 5.41 Å². The van der Waals surface area contributed by atoms with Gasteiger partial charge >= 0.3 is 5.97 Å². The zero-order valence-electron chi connectivity index (χ0n) is 15.7. The van der Waals surface area contributed by atoms with E-state index in [1.165, 1.54) is 5.56 Å². The topological polar surface area (TPSA) is 43.4 Å². The number of ether oxygens (including phenoxy) is 1. The summed E-state index contributed by atoms with van der Waals surface area (Å²) in [5.74, 6) is 0.326. The average molecular weight is 340 g/mol. The minimum Gasteiger partial charge on any atom is -0.430 e. The van der Waals surface area contributed by atoms with E-state index in [0.29, 0.717) is 24.2 Å². The van der Waals surface area contributed by atoms with Gasteiger partial charge in [0, 0.05) is 12.8 Å². The molecule has 2 rings (SSSR count). The van der Waals surface area contributed by atoms with E-state index >= 15 is 0 Å². The summed E-state index contributed by atoms with van der Waals surface area (Å²) < 4.78 is 5.71. The van der Waals surface area contributed by atoms with Crippen molar-refractivity contribution < 1.29 is 14.3 Å². The molecular weight excluding hydrogens is 312 g/mol. The van der Waals surface area contributed by atoms with Crippen LogP contribution >= 0.6 is 0 Å². The second-order valence-electron chi connectivity index (χ2n) is 7.63. The van der Waals surface area contributed by atoms with Crippen LogP contribution in [0.25, 0.3) is 0 Å². The first kappa shape index (κ1) is 19.2. The number of carbonyl (C=O) groups excluding carboxylic acids is 2. The predicted octanol–water partition coefficient (Wildman–Crippen LogP) is 5.16. The molecule has 0 aliphatic heterocycles. The van der Waals surface area contributed by atoms with Gasteiger partial charge in [-0.05, 0) is 58.1 Å². The van der Waals surface area contributed by atoms with E-state index in [0.717, 1.165) is 24.8 Å². The lowest BCUT2D eigenvalue weighted by Crippen LogP contribution is -2.24. The molecule has 0 spiro atoms. The molecule has 0 amide bonds. The van der Waals surface area contributed by atoms with E-state index in [1.807, 2.05) is 45.9 Å². The molecule has 0 N–H and O–H groups in total. The van der Waals surface area contributed by atoms with Gasteiger partial charge < -0.3 is 4.74 Å². The third-order valence-corrected chi connectivity index (χ3v) is 4.31. The highest BCUT2D eigenvalue weighted by atomic mass is 16.5. The highest BCUT2D eigenvalue weighted by molar-refractivity contribution is 6.01. The molecule has 0 bridgehead atoms. The molecule has 0 atom stereocenters. The predicted molar refractivity (Wildman–Crippen MR) is 100.0 cm³/mol. The van der Waals surface area contributed by atoms with Crippen molar-refractivity contribution in [2.24, 2.45) is 5.41 Å². The van der Waals surface area contributed by atoms with Gasteiger partial charge in [-0.3, -0.25) is 9.59 Å². The molecule has 0 unspecified atom stereocenters. The van der Waals surface area contributed by atoms with Gasteiger partial charge in [0.2, 0.25) is 0 Å². The number of allylic oxidation sites excluding steroid dienone is 4. The average Bonchev–Trinajstić information content (AvgIpc) is 2.54.